The van der Waals surface area contributed by atoms with E-state index < -0.39 is 5.91 Å². The lowest BCUT2D eigenvalue weighted by atomic mass is 10.0. The van der Waals surface area contributed by atoms with E-state index in [0.717, 1.165) is 24.0 Å². The number of aryl methyl sites for hydroxylation is 1. The third-order valence-electron chi connectivity index (χ3n) is 2.65. The second-order valence-electron chi connectivity index (χ2n) is 3.58. The Bertz CT molecular complexity index is 401. The van der Waals surface area contributed by atoms with Crippen LogP contribution in [0, 0.1) is 0 Å². The molecule has 2 rings (SSSR count). The number of benzene rings is 1. The Morgan fingerprint density at radius 1 is 1.50 bits per heavy atom. The van der Waals surface area contributed by atoms with Gasteiger partial charge in [0.15, 0.2) is 0 Å². The first-order valence-corrected chi connectivity index (χ1v) is 4.50. The lowest BCUT2D eigenvalue weighted by Crippen LogP contribution is -2.13. The van der Waals surface area contributed by atoms with Crippen molar-refractivity contribution in [1.29, 1.82) is 0 Å². The van der Waals surface area contributed by atoms with E-state index in [1.54, 1.807) is 12.1 Å². The third kappa shape index (κ3) is 1.24. The number of carbonyl (C=O) groups is 1. The predicted molar refractivity (Wildman–Crippen MR) is 51.9 cm³/mol. The normalized spacial score (nSPS) is 19.4. The number of primary amides is 1. The lowest BCUT2D eigenvalue weighted by Gasteiger charge is -2.07. The van der Waals surface area contributed by atoms with Crippen molar-refractivity contribution in [2.24, 2.45) is 11.5 Å². The SMILES string of the molecule is NC(=O)c1cc2c(cc1O)CC[C@@H]2N. The van der Waals surface area contributed by atoms with Crippen LogP contribution in [0.15, 0.2) is 12.1 Å². The number of hydrogen-bond donors (Lipinski definition) is 3. The van der Waals surface area contributed by atoms with Crippen molar-refractivity contribution in [2.45, 2.75) is 18.9 Å². The van der Waals surface area contributed by atoms with Gasteiger partial charge in [-0.05, 0) is 36.1 Å². The van der Waals surface area contributed by atoms with Gasteiger partial charge in [-0.1, -0.05) is 0 Å². The quantitative estimate of drug-likeness (QED) is 0.603. The first kappa shape index (κ1) is 9.02. The van der Waals surface area contributed by atoms with Crippen LogP contribution in [0.5, 0.6) is 5.75 Å². The molecule has 0 radical (unpaired) electrons. The third-order valence-corrected chi connectivity index (χ3v) is 2.65. The number of amides is 1. The Hall–Kier alpha value is -1.55. The van der Waals surface area contributed by atoms with E-state index in [1.165, 1.54) is 0 Å². The van der Waals surface area contributed by atoms with Crippen molar-refractivity contribution in [2.75, 3.05) is 0 Å². The van der Waals surface area contributed by atoms with Gasteiger partial charge in [0.25, 0.3) is 5.91 Å². The van der Waals surface area contributed by atoms with Crippen molar-refractivity contribution in [3.63, 3.8) is 0 Å². The van der Waals surface area contributed by atoms with Crippen LogP contribution in [0.2, 0.25) is 0 Å². The second kappa shape index (κ2) is 2.99. The van der Waals surface area contributed by atoms with E-state index in [1.807, 2.05) is 0 Å². The van der Waals surface area contributed by atoms with E-state index in [9.17, 15) is 9.90 Å². The van der Waals surface area contributed by atoms with Gasteiger partial charge in [0.2, 0.25) is 0 Å². The molecule has 0 aromatic heterocycles. The zero-order valence-electron chi connectivity index (χ0n) is 7.66. The van der Waals surface area contributed by atoms with Gasteiger partial charge >= 0.3 is 0 Å². The van der Waals surface area contributed by atoms with E-state index in [2.05, 4.69) is 0 Å². The van der Waals surface area contributed by atoms with Crippen LogP contribution in [0.3, 0.4) is 0 Å². The fourth-order valence-electron chi connectivity index (χ4n) is 1.87. The zero-order chi connectivity index (χ0) is 10.3. The van der Waals surface area contributed by atoms with Crippen molar-refractivity contribution in [1.82, 2.24) is 0 Å². The van der Waals surface area contributed by atoms with Gasteiger partial charge in [0.1, 0.15) is 5.75 Å². The molecule has 74 valence electrons. The maximum atomic E-state index is 10.9. The molecule has 1 aromatic carbocycles. The summed E-state index contributed by atoms with van der Waals surface area (Å²) in [7, 11) is 0. The minimum absolute atomic E-state index is 0.0382. The average molecular weight is 192 g/mol. The summed E-state index contributed by atoms with van der Waals surface area (Å²) in [5.74, 6) is -0.672. The molecule has 0 fully saturated rings. The van der Waals surface area contributed by atoms with Crippen LogP contribution in [0.25, 0.3) is 0 Å². The Morgan fingerprint density at radius 3 is 2.86 bits per heavy atom. The molecule has 4 nitrogen and oxygen atoms in total. The van der Waals surface area contributed by atoms with Crippen molar-refractivity contribution < 1.29 is 9.90 Å². The molecule has 14 heavy (non-hydrogen) atoms. The molecule has 1 aliphatic rings. The molecule has 0 spiro atoms. The maximum Gasteiger partial charge on any atom is 0.252 e. The van der Waals surface area contributed by atoms with E-state index in [0.29, 0.717) is 0 Å². The van der Waals surface area contributed by atoms with Gasteiger partial charge in [-0.15, -0.1) is 0 Å². The number of hydrogen-bond acceptors (Lipinski definition) is 3. The minimum Gasteiger partial charge on any atom is -0.507 e. The number of fused-ring (bicyclic) bond motifs is 1. The smallest absolute Gasteiger partial charge is 0.252 e. The molecule has 5 N–H and O–H groups in total. The molecule has 4 heteroatoms. The van der Waals surface area contributed by atoms with Gasteiger partial charge in [-0.3, -0.25) is 4.79 Å². The number of carbonyl (C=O) groups excluding carboxylic acids is 1. The Morgan fingerprint density at radius 2 is 2.21 bits per heavy atom. The van der Waals surface area contributed by atoms with E-state index >= 15 is 0 Å². The van der Waals surface area contributed by atoms with Crippen LogP contribution in [0.4, 0.5) is 0 Å². The minimum atomic E-state index is -0.621. The maximum absolute atomic E-state index is 10.9. The highest BCUT2D eigenvalue weighted by Gasteiger charge is 2.22. The monoisotopic (exact) mass is 192 g/mol. The summed E-state index contributed by atoms with van der Waals surface area (Å²) in [6.45, 7) is 0. The van der Waals surface area contributed by atoms with Crippen LogP contribution in [-0.2, 0) is 6.42 Å². The Kier molecular flexibility index (Phi) is 1.93. The molecule has 0 bridgehead atoms. The summed E-state index contributed by atoms with van der Waals surface area (Å²) in [5, 5.41) is 9.49. The van der Waals surface area contributed by atoms with E-state index in [-0.39, 0.29) is 17.4 Å². The second-order valence-corrected chi connectivity index (χ2v) is 3.58. The van der Waals surface area contributed by atoms with Crippen LogP contribution in [0.1, 0.15) is 33.9 Å². The lowest BCUT2D eigenvalue weighted by molar-refractivity contribution is 0.0997. The molecule has 1 amide bonds. The Balaban J connectivity index is 2.57. The molecule has 0 heterocycles. The van der Waals surface area contributed by atoms with Gasteiger partial charge < -0.3 is 16.6 Å². The summed E-state index contributed by atoms with van der Waals surface area (Å²) < 4.78 is 0. The highest BCUT2D eigenvalue weighted by Crippen LogP contribution is 2.33. The van der Waals surface area contributed by atoms with Gasteiger partial charge in [-0.25, -0.2) is 0 Å². The Labute approximate surface area is 81.5 Å². The summed E-state index contributed by atoms with van der Waals surface area (Å²) in [6, 6.07) is 3.15. The summed E-state index contributed by atoms with van der Waals surface area (Å²) in [6.07, 6.45) is 1.71. The largest absolute Gasteiger partial charge is 0.507 e. The van der Waals surface area contributed by atoms with Crippen molar-refractivity contribution in [3.05, 3.63) is 28.8 Å². The summed E-state index contributed by atoms with van der Waals surface area (Å²) >= 11 is 0. The molecule has 1 atom stereocenters. The molecular formula is C10H12N2O2. The van der Waals surface area contributed by atoms with Crippen molar-refractivity contribution >= 4 is 5.91 Å². The van der Waals surface area contributed by atoms with Gasteiger partial charge in [0.05, 0.1) is 5.56 Å². The van der Waals surface area contributed by atoms with Gasteiger partial charge in [0, 0.05) is 6.04 Å². The van der Waals surface area contributed by atoms with Crippen LogP contribution >= 0.6 is 0 Å². The van der Waals surface area contributed by atoms with Crippen molar-refractivity contribution in [3.8, 4) is 5.75 Å². The highest BCUT2D eigenvalue weighted by molar-refractivity contribution is 5.96. The number of nitrogens with two attached hydrogens (primary N) is 2. The average Bonchev–Trinajstić information content (AvgIpc) is 2.46. The van der Waals surface area contributed by atoms with E-state index in [4.69, 9.17) is 11.5 Å². The number of aromatic hydroxyl groups is 1. The summed E-state index contributed by atoms with van der Waals surface area (Å²) in [5.41, 5.74) is 13.0. The first-order valence-electron chi connectivity index (χ1n) is 4.50. The molecule has 1 aromatic rings. The van der Waals surface area contributed by atoms with Crippen LogP contribution < -0.4 is 11.5 Å². The molecule has 0 saturated carbocycles. The zero-order valence-corrected chi connectivity index (χ0v) is 7.66. The van der Waals surface area contributed by atoms with Crippen LogP contribution in [-0.4, -0.2) is 11.0 Å². The fraction of sp³-hybridized carbons (Fsp3) is 0.300. The highest BCUT2D eigenvalue weighted by atomic mass is 16.3. The standard InChI is InChI=1S/C10H12N2O2/c11-8-2-1-5-3-9(13)7(10(12)14)4-6(5)8/h3-4,8,13H,1-2,11H2,(H2,12,14)/t8-/m0/s1. The number of phenols is 1. The molecule has 0 saturated heterocycles. The molecule has 1 aliphatic carbocycles. The predicted octanol–water partition coefficient (Wildman–Crippen LogP) is 0.437. The van der Waals surface area contributed by atoms with Gasteiger partial charge in [-0.2, -0.15) is 0 Å². The molecule has 0 aliphatic heterocycles. The fourth-order valence-corrected chi connectivity index (χ4v) is 1.87. The number of rotatable bonds is 1. The first-order chi connectivity index (χ1) is 6.59. The summed E-state index contributed by atoms with van der Waals surface area (Å²) in [4.78, 5) is 10.9. The topological polar surface area (TPSA) is 89.3 Å². The molecular weight excluding hydrogens is 180 g/mol. The molecule has 0 unspecified atom stereocenters.